The molecule has 1 aliphatic heterocycles. The van der Waals surface area contributed by atoms with E-state index in [-0.39, 0.29) is 11.9 Å². The maximum Gasteiger partial charge on any atom is 0.416 e. The summed E-state index contributed by atoms with van der Waals surface area (Å²) < 4.78 is 45.8. The van der Waals surface area contributed by atoms with Crippen LogP contribution in [0, 0.1) is 6.92 Å². The van der Waals surface area contributed by atoms with Crippen molar-refractivity contribution in [3.8, 4) is 0 Å². The molecule has 146 valence electrons. The third kappa shape index (κ3) is 4.50. The monoisotopic (exact) mass is 381 g/mol. The summed E-state index contributed by atoms with van der Waals surface area (Å²) in [6.07, 6.45) is -1.04. The fraction of sp³-hybridized carbons (Fsp3) is 0.474. The number of aromatic nitrogens is 2. The molecular formula is C19H22F3N3O2. The fourth-order valence-corrected chi connectivity index (χ4v) is 3.18. The van der Waals surface area contributed by atoms with Crippen LogP contribution in [-0.4, -0.2) is 28.9 Å². The van der Waals surface area contributed by atoms with Gasteiger partial charge in [0, 0.05) is 19.4 Å². The molecule has 0 bridgehead atoms. The zero-order valence-corrected chi connectivity index (χ0v) is 15.2. The minimum Gasteiger partial charge on any atom is -0.381 e. The number of nitrogens with one attached hydrogen (secondary N) is 1. The molecule has 2 heterocycles. The number of benzene rings is 1. The van der Waals surface area contributed by atoms with Crippen molar-refractivity contribution in [1.29, 1.82) is 0 Å². The Kier molecular flexibility index (Phi) is 5.55. The molecule has 1 fully saturated rings. The smallest absolute Gasteiger partial charge is 0.381 e. The van der Waals surface area contributed by atoms with E-state index in [0.717, 1.165) is 25.0 Å². The van der Waals surface area contributed by atoms with Crippen molar-refractivity contribution in [2.75, 3.05) is 13.2 Å². The molecule has 0 saturated carbocycles. The number of aryl methyl sites for hydroxylation is 1. The maximum absolute atomic E-state index is 12.9. The van der Waals surface area contributed by atoms with E-state index in [1.54, 1.807) is 30.8 Å². The summed E-state index contributed by atoms with van der Waals surface area (Å²) in [5.41, 5.74) is 0.688. The van der Waals surface area contributed by atoms with Crippen LogP contribution in [0.1, 0.15) is 59.0 Å². The molecule has 1 saturated heterocycles. The lowest BCUT2D eigenvalue weighted by Gasteiger charge is -2.22. The third-order valence-electron chi connectivity index (χ3n) is 4.79. The lowest BCUT2D eigenvalue weighted by Crippen LogP contribution is -2.27. The van der Waals surface area contributed by atoms with Crippen molar-refractivity contribution < 1.29 is 22.7 Å². The van der Waals surface area contributed by atoms with E-state index in [2.05, 4.69) is 10.4 Å². The topological polar surface area (TPSA) is 56.2 Å². The van der Waals surface area contributed by atoms with Crippen LogP contribution in [0.25, 0.3) is 0 Å². The van der Waals surface area contributed by atoms with E-state index in [1.165, 1.54) is 6.07 Å². The second-order valence-electron chi connectivity index (χ2n) is 6.77. The SMILES string of the molecule is Cc1nn(C2CCOCC2)cc1C(=O)NC(C)c1cccc(C(F)(F)F)c1. The van der Waals surface area contributed by atoms with Gasteiger partial charge in [0.1, 0.15) is 0 Å². The van der Waals surface area contributed by atoms with Gasteiger partial charge in [0.25, 0.3) is 5.91 Å². The Hall–Kier alpha value is -2.35. The van der Waals surface area contributed by atoms with Crippen LogP contribution in [0.4, 0.5) is 13.2 Å². The number of nitrogens with zero attached hydrogens (tertiary/aromatic N) is 2. The number of hydrogen-bond donors (Lipinski definition) is 1. The van der Waals surface area contributed by atoms with Crippen LogP contribution in [0.15, 0.2) is 30.5 Å². The lowest BCUT2D eigenvalue weighted by atomic mass is 10.0. The summed E-state index contributed by atoms with van der Waals surface area (Å²) in [6.45, 7) is 4.74. The van der Waals surface area contributed by atoms with E-state index in [9.17, 15) is 18.0 Å². The predicted octanol–water partition coefficient (Wildman–Crippen LogP) is 4.05. The van der Waals surface area contributed by atoms with Crippen LogP contribution < -0.4 is 5.32 Å². The number of carbonyl (C=O) groups excluding carboxylic acids is 1. The normalized spacial score (nSPS) is 16.9. The highest BCUT2D eigenvalue weighted by molar-refractivity contribution is 5.95. The first-order valence-corrected chi connectivity index (χ1v) is 8.87. The molecule has 5 nitrogen and oxygen atoms in total. The average Bonchev–Trinajstić information content (AvgIpc) is 3.04. The average molecular weight is 381 g/mol. The summed E-state index contributed by atoms with van der Waals surface area (Å²) >= 11 is 0. The molecule has 8 heteroatoms. The minimum atomic E-state index is -4.42. The molecule has 27 heavy (non-hydrogen) atoms. The second kappa shape index (κ2) is 7.72. The van der Waals surface area contributed by atoms with Gasteiger partial charge in [-0.15, -0.1) is 0 Å². The fourth-order valence-electron chi connectivity index (χ4n) is 3.18. The summed E-state index contributed by atoms with van der Waals surface area (Å²) in [4.78, 5) is 12.6. The third-order valence-corrected chi connectivity index (χ3v) is 4.79. The van der Waals surface area contributed by atoms with Gasteiger partial charge >= 0.3 is 6.18 Å². The number of hydrogen-bond acceptors (Lipinski definition) is 3. The first kappa shape index (κ1) is 19.4. The number of ether oxygens (including phenoxy) is 1. The van der Waals surface area contributed by atoms with E-state index >= 15 is 0 Å². The zero-order chi connectivity index (χ0) is 19.6. The predicted molar refractivity (Wildman–Crippen MR) is 93.4 cm³/mol. The Morgan fingerprint density at radius 3 is 2.70 bits per heavy atom. The number of carbonyl (C=O) groups is 1. The lowest BCUT2D eigenvalue weighted by molar-refractivity contribution is -0.137. The highest BCUT2D eigenvalue weighted by Gasteiger charge is 2.31. The highest BCUT2D eigenvalue weighted by atomic mass is 19.4. The zero-order valence-electron chi connectivity index (χ0n) is 15.2. The van der Waals surface area contributed by atoms with Crippen LogP contribution >= 0.6 is 0 Å². The Bertz CT molecular complexity index is 811. The molecule has 3 rings (SSSR count). The van der Waals surface area contributed by atoms with E-state index < -0.39 is 17.8 Å². The van der Waals surface area contributed by atoms with Crippen LogP contribution in [0.3, 0.4) is 0 Å². The molecule has 1 aromatic carbocycles. The first-order valence-electron chi connectivity index (χ1n) is 8.87. The molecule has 0 aliphatic carbocycles. The van der Waals surface area contributed by atoms with Crippen LogP contribution in [0.2, 0.25) is 0 Å². The van der Waals surface area contributed by atoms with Gasteiger partial charge in [-0.05, 0) is 44.4 Å². The Morgan fingerprint density at radius 2 is 2.04 bits per heavy atom. The standard InChI is InChI=1S/C19H22F3N3O2/c1-12(14-4-3-5-15(10-14)19(20,21)22)23-18(26)17-11-25(24-13(17)2)16-6-8-27-9-7-16/h3-5,10-12,16H,6-9H2,1-2H3,(H,23,26). The molecule has 0 spiro atoms. The van der Waals surface area contributed by atoms with Crippen LogP contribution in [0.5, 0.6) is 0 Å². The van der Waals surface area contributed by atoms with Crippen molar-refractivity contribution in [2.24, 2.45) is 0 Å². The van der Waals surface area contributed by atoms with E-state index in [1.807, 2.05) is 0 Å². The van der Waals surface area contributed by atoms with Gasteiger partial charge in [0.05, 0.1) is 28.9 Å². The van der Waals surface area contributed by atoms with Gasteiger partial charge in [-0.2, -0.15) is 18.3 Å². The number of rotatable bonds is 4. The molecule has 1 N–H and O–H groups in total. The van der Waals surface area contributed by atoms with Crippen molar-refractivity contribution in [3.05, 3.63) is 52.8 Å². The quantitative estimate of drug-likeness (QED) is 0.869. The number of alkyl halides is 3. The van der Waals surface area contributed by atoms with E-state index in [0.29, 0.717) is 30.0 Å². The molecular weight excluding hydrogens is 359 g/mol. The van der Waals surface area contributed by atoms with Gasteiger partial charge < -0.3 is 10.1 Å². The van der Waals surface area contributed by atoms with Crippen molar-refractivity contribution in [2.45, 2.75) is 44.9 Å². The largest absolute Gasteiger partial charge is 0.416 e. The molecule has 2 aromatic rings. The Morgan fingerprint density at radius 1 is 1.33 bits per heavy atom. The Balaban J connectivity index is 1.72. The summed E-state index contributed by atoms with van der Waals surface area (Å²) in [7, 11) is 0. The molecule has 1 aliphatic rings. The van der Waals surface area contributed by atoms with Gasteiger partial charge in [-0.3, -0.25) is 9.48 Å². The molecule has 1 unspecified atom stereocenters. The molecule has 1 atom stereocenters. The van der Waals surface area contributed by atoms with Crippen LogP contribution in [-0.2, 0) is 10.9 Å². The maximum atomic E-state index is 12.9. The van der Waals surface area contributed by atoms with Gasteiger partial charge in [0.15, 0.2) is 0 Å². The van der Waals surface area contributed by atoms with Gasteiger partial charge in [-0.25, -0.2) is 0 Å². The Labute approximate surface area is 155 Å². The molecule has 0 radical (unpaired) electrons. The van der Waals surface area contributed by atoms with Crippen molar-refractivity contribution in [3.63, 3.8) is 0 Å². The summed E-state index contributed by atoms with van der Waals surface area (Å²) in [6, 6.07) is 4.61. The minimum absolute atomic E-state index is 0.194. The van der Waals surface area contributed by atoms with E-state index in [4.69, 9.17) is 4.74 Å². The second-order valence-corrected chi connectivity index (χ2v) is 6.77. The highest BCUT2D eigenvalue weighted by Crippen LogP contribution is 2.31. The van der Waals surface area contributed by atoms with Gasteiger partial charge in [-0.1, -0.05) is 12.1 Å². The summed E-state index contributed by atoms with van der Waals surface area (Å²) in [5, 5.41) is 7.20. The number of halogens is 3. The van der Waals surface area contributed by atoms with Crippen molar-refractivity contribution >= 4 is 5.91 Å². The molecule has 1 aromatic heterocycles. The van der Waals surface area contributed by atoms with Crippen molar-refractivity contribution in [1.82, 2.24) is 15.1 Å². The molecule has 1 amide bonds. The number of amides is 1. The first-order chi connectivity index (χ1) is 12.8. The van der Waals surface area contributed by atoms with Gasteiger partial charge in [0.2, 0.25) is 0 Å². The summed E-state index contributed by atoms with van der Waals surface area (Å²) in [5.74, 6) is -0.351.